The lowest BCUT2D eigenvalue weighted by molar-refractivity contribution is -0.117. The molecule has 8 heteroatoms. The predicted molar refractivity (Wildman–Crippen MR) is 120 cm³/mol. The molecule has 1 amide bonds. The number of carbonyl (C=O) groups excluding carboxylic acids is 2. The first kappa shape index (κ1) is 20.1. The van der Waals surface area contributed by atoms with Gasteiger partial charge in [-0.2, -0.15) is 0 Å². The monoisotopic (exact) mass is 493 g/mol. The number of benzene rings is 2. The highest BCUT2D eigenvalue weighted by atomic mass is 79.9. The van der Waals surface area contributed by atoms with Gasteiger partial charge >= 0.3 is 0 Å². The van der Waals surface area contributed by atoms with Crippen molar-refractivity contribution in [2.75, 3.05) is 12.0 Å². The van der Waals surface area contributed by atoms with E-state index in [-0.39, 0.29) is 11.3 Å². The van der Waals surface area contributed by atoms with Crippen molar-refractivity contribution in [2.24, 2.45) is 0 Å². The zero-order chi connectivity index (χ0) is 22.4. The van der Waals surface area contributed by atoms with E-state index in [1.54, 1.807) is 54.6 Å². The van der Waals surface area contributed by atoms with Gasteiger partial charge in [-0.25, -0.2) is 0 Å². The molecule has 0 saturated heterocycles. The first-order valence-corrected chi connectivity index (χ1v) is 10.5. The molecule has 0 aliphatic carbocycles. The lowest BCUT2D eigenvalue weighted by Gasteiger charge is -2.26. The molecule has 1 unspecified atom stereocenters. The number of ether oxygens (including phenoxy) is 1. The van der Waals surface area contributed by atoms with Crippen LogP contribution in [0.15, 0.2) is 91.6 Å². The molecule has 2 aromatic heterocycles. The van der Waals surface area contributed by atoms with E-state index in [0.717, 1.165) is 4.47 Å². The van der Waals surface area contributed by atoms with Crippen LogP contribution in [-0.2, 0) is 4.79 Å². The van der Waals surface area contributed by atoms with Crippen LogP contribution in [0.2, 0.25) is 0 Å². The molecule has 32 heavy (non-hydrogen) atoms. The summed E-state index contributed by atoms with van der Waals surface area (Å²) in [5, 5.41) is 11.5. The average Bonchev–Trinajstić information content (AvgIpc) is 3.52. The van der Waals surface area contributed by atoms with Crippen LogP contribution in [0.5, 0.6) is 5.75 Å². The number of fused-ring (bicyclic) bond motifs is 1. The predicted octanol–water partition coefficient (Wildman–Crippen LogP) is 5.58. The lowest BCUT2D eigenvalue weighted by atomic mass is 9.99. The first-order chi connectivity index (χ1) is 15.5. The van der Waals surface area contributed by atoms with Gasteiger partial charge in [-0.15, -0.1) is 0 Å². The smallest absolute Gasteiger partial charge is 0.294 e. The molecule has 0 saturated carbocycles. The summed E-state index contributed by atoms with van der Waals surface area (Å²) in [5.41, 5.74) is 0.773. The number of hydrogen-bond donors (Lipinski definition) is 1. The second-order valence-electron chi connectivity index (χ2n) is 7.15. The van der Waals surface area contributed by atoms with Crippen LogP contribution in [0.3, 0.4) is 0 Å². The highest BCUT2D eigenvalue weighted by molar-refractivity contribution is 9.10. The molecular formula is C24H16BrNO6. The SMILES string of the molecule is COc1ccccc1N1C(=O)C(O)=C(C(=O)c2cc3cc(Br)ccc3o2)C1c1ccco1. The number of para-hydroxylation sites is 2. The van der Waals surface area contributed by atoms with E-state index in [4.69, 9.17) is 13.6 Å². The quantitative estimate of drug-likeness (QED) is 0.364. The molecule has 2 aromatic carbocycles. The molecule has 0 radical (unpaired) electrons. The fourth-order valence-electron chi connectivity index (χ4n) is 3.89. The van der Waals surface area contributed by atoms with Gasteiger partial charge in [0.2, 0.25) is 5.78 Å². The zero-order valence-corrected chi connectivity index (χ0v) is 18.3. The van der Waals surface area contributed by atoms with Gasteiger partial charge in [0.1, 0.15) is 23.1 Å². The van der Waals surface area contributed by atoms with Crippen LogP contribution in [0.4, 0.5) is 5.69 Å². The molecular weight excluding hydrogens is 478 g/mol. The number of nitrogens with zero attached hydrogens (tertiary/aromatic N) is 1. The van der Waals surface area contributed by atoms with Gasteiger partial charge in [0.15, 0.2) is 11.5 Å². The summed E-state index contributed by atoms with van der Waals surface area (Å²) in [6.07, 6.45) is 1.44. The minimum atomic E-state index is -0.999. The molecule has 0 bridgehead atoms. The van der Waals surface area contributed by atoms with Crippen molar-refractivity contribution in [2.45, 2.75) is 6.04 Å². The van der Waals surface area contributed by atoms with E-state index < -0.39 is 23.5 Å². The Balaban J connectivity index is 1.66. The van der Waals surface area contributed by atoms with Crippen molar-refractivity contribution in [1.82, 2.24) is 0 Å². The Morgan fingerprint density at radius 1 is 1.12 bits per heavy atom. The maximum Gasteiger partial charge on any atom is 0.294 e. The Kier molecular flexibility index (Phi) is 4.86. The number of carbonyl (C=O) groups is 2. The van der Waals surface area contributed by atoms with E-state index in [1.165, 1.54) is 18.3 Å². The molecule has 1 aliphatic heterocycles. The molecule has 1 N–H and O–H groups in total. The van der Waals surface area contributed by atoms with E-state index in [1.807, 2.05) is 6.07 Å². The molecule has 5 rings (SSSR count). The molecule has 3 heterocycles. The zero-order valence-electron chi connectivity index (χ0n) is 16.7. The molecule has 7 nitrogen and oxygen atoms in total. The highest BCUT2D eigenvalue weighted by Gasteiger charge is 2.47. The van der Waals surface area contributed by atoms with Crippen molar-refractivity contribution >= 4 is 44.3 Å². The second-order valence-corrected chi connectivity index (χ2v) is 8.06. The Morgan fingerprint density at radius 3 is 2.69 bits per heavy atom. The summed E-state index contributed by atoms with van der Waals surface area (Å²) in [6.45, 7) is 0. The number of hydrogen-bond acceptors (Lipinski definition) is 6. The Bertz CT molecular complexity index is 1380. The van der Waals surface area contributed by atoms with Gasteiger partial charge in [-0.05, 0) is 48.5 Å². The lowest BCUT2D eigenvalue weighted by Crippen LogP contribution is -2.31. The molecule has 0 fully saturated rings. The van der Waals surface area contributed by atoms with E-state index in [0.29, 0.717) is 28.2 Å². The maximum atomic E-state index is 13.5. The van der Waals surface area contributed by atoms with Crippen molar-refractivity contribution in [1.29, 1.82) is 0 Å². The Hall–Kier alpha value is -3.78. The number of aliphatic hydroxyl groups excluding tert-OH is 1. The normalized spacial score (nSPS) is 16.2. The Labute approximate surface area is 190 Å². The van der Waals surface area contributed by atoms with Gasteiger partial charge in [0, 0.05) is 9.86 Å². The van der Waals surface area contributed by atoms with Crippen LogP contribution in [0.25, 0.3) is 11.0 Å². The number of furan rings is 2. The van der Waals surface area contributed by atoms with Crippen molar-refractivity contribution in [3.05, 3.63) is 94.3 Å². The number of ketones is 1. The Morgan fingerprint density at radius 2 is 1.94 bits per heavy atom. The number of anilines is 1. The van der Waals surface area contributed by atoms with Gasteiger partial charge < -0.3 is 18.7 Å². The van der Waals surface area contributed by atoms with Crippen molar-refractivity contribution in [3.8, 4) is 5.75 Å². The summed E-state index contributed by atoms with van der Waals surface area (Å²) >= 11 is 3.39. The van der Waals surface area contributed by atoms with Gasteiger partial charge in [-0.3, -0.25) is 14.5 Å². The molecule has 160 valence electrons. The van der Waals surface area contributed by atoms with Gasteiger partial charge in [-0.1, -0.05) is 28.1 Å². The summed E-state index contributed by atoms with van der Waals surface area (Å²) in [4.78, 5) is 28.0. The summed E-state index contributed by atoms with van der Waals surface area (Å²) in [7, 11) is 1.48. The molecule has 1 aliphatic rings. The summed E-state index contributed by atoms with van der Waals surface area (Å²) in [6, 6.07) is 16.1. The first-order valence-electron chi connectivity index (χ1n) is 9.66. The second kappa shape index (κ2) is 7.72. The largest absolute Gasteiger partial charge is 0.503 e. The number of methoxy groups -OCH3 is 1. The van der Waals surface area contributed by atoms with Crippen LogP contribution in [-0.4, -0.2) is 23.9 Å². The van der Waals surface area contributed by atoms with Crippen LogP contribution in [0, 0.1) is 0 Å². The fraction of sp³-hybridized carbons (Fsp3) is 0.0833. The average molecular weight is 494 g/mol. The summed E-state index contributed by atoms with van der Waals surface area (Å²) in [5.74, 6) is -1.28. The number of amides is 1. The van der Waals surface area contributed by atoms with Gasteiger partial charge in [0.25, 0.3) is 5.91 Å². The molecule has 1 atom stereocenters. The standard InChI is InChI=1S/C24H16BrNO6/c1-30-17-6-3-2-5-15(17)26-21(18-7-4-10-31-18)20(23(28)24(26)29)22(27)19-12-13-11-14(25)8-9-16(13)32-19/h2-12,21,28H,1H3. The minimum absolute atomic E-state index is 0.00545. The van der Waals surface area contributed by atoms with E-state index in [9.17, 15) is 14.7 Å². The fourth-order valence-corrected chi connectivity index (χ4v) is 4.27. The van der Waals surface area contributed by atoms with Crippen LogP contribution < -0.4 is 9.64 Å². The molecule has 0 spiro atoms. The minimum Gasteiger partial charge on any atom is -0.503 e. The third-order valence-corrected chi connectivity index (χ3v) is 5.81. The van der Waals surface area contributed by atoms with Crippen LogP contribution >= 0.6 is 15.9 Å². The van der Waals surface area contributed by atoms with Crippen molar-refractivity contribution in [3.63, 3.8) is 0 Å². The number of Topliss-reactive ketones (excluding diaryl/α,β-unsaturated/α-hetero) is 1. The van der Waals surface area contributed by atoms with Crippen molar-refractivity contribution < 1.29 is 28.3 Å². The molecule has 4 aromatic rings. The van der Waals surface area contributed by atoms with Gasteiger partial charge in [0.05, 0.1) is 24.6 Å². The number of halogens is 1. The third kappa shape index (κ3) is 3.11. The van der Waals surface area contributed by atoms with Crippen LogP contribution in [0.1, 0.15) is 22.4 Å². The van der Waals surface area contributed by atoms with E-state index in [2.05, 4.69) is 15.9 Å². The highest BCUT2D eigenvalue weighted by Crippen LogP contribution is 2.45. The number of aliphatic hydroxyl groups is 1. The third-order valence-electron chi connectivity index (χ3n) is 5.31. The number of rotatable bonds is 5. The maximum absolute atomic E-state index is 13.5. The topological polar surface area (TPSA) is 93.1 Å². The van der Waals surface area contributed by atoms with E-state index >= 15 is 0 Å². The summed E-state index contributed by atoms with van der Waals surface area (Å²) < 4.78 is 17.5.